The van der Waals surface area contributed by atoms with Gasteiger partial charge in [0.2, 0.25) is 11.8 Å². The molecule has 5 nitrogen and oxygen atoms in total. The normalized spacial score (nSPS) is 33.3. The van der Waals surface area contributed by atoms with Crippen molar-refractivity contribution in [1.29, 1.82) is 0 Å². The van der Waals surface area contributed by atoms with Crippen LogP contribution < -0.4 is 9.64 Å². The fourth-order valence-corrected chi connectivity index (χ4v) is 5.40. The van der Waals surface area contributed by atoms with Crippen molar-refractivity contribution < 1.29 is 19.1 Å². The van der Waals surface area contributed by atoms with Gasteiger partial charge in [0.15, 0.2) is 5.78 Å². The number of fused-ring (bicyclic) bond motifs is 3. The Hall–Kier alpha value is -2.43. The van der Waals surface area contributed by atoms with Gasteiger partial charge in [0, 0.05) is 5.56 Å². The molecule has 4 atom stereocenters. The molecule has 3 aliphatic carbocycles. The molecule has 1 heterocycles. The average molecular weight is 337 g/mol. The van der Waals surface area contributed by atoms with Gasteiger partial charge in [-0.15, -0.1) is 0 Å². The number of hydrogen-bond acceptors (Lipinski definition) is 4. The molecule has 25 heavy (non-hydrogen) atoms. The molecule has 2 amide bonds. The Morgan fingerprint density at radius 2 is 1.72 bits per heavy atom. The molecule has 1 aromatic carbocycles. The highest BCUT2D eigenvalue weighted by molar-refractivity contribution is 6.24. The summed E-state index contributed by atoms with van der Waals surface area (Å²) in [5, 5.41) is 0. The Bertz CT molecular complexity index is 832. The highest BCUT2D eigenvalue weighted by Gasteiger charge is 2.73. The molecule has 3 fully saturated rings. The van der Waals surface area contributed by atoms with Gasteiger partial charge in [-0.25, -0.2) is 4.90 Å². The molecule has 2 bridgehead atoms. The second-order valence-electron chi connectivity index (χ2n) is 7.68. The molecule has 4 aliphatic rings. The van der Waals surface area contributed by atoms with E-state index >= 15 is 0 Å². The number of benzene rings is 1. The van der Waals surface area contributed by atoms with E-state index in [0.717, 1.165) is 12.8 Å². The molecule has 0 radical (unpaired) electrons. The Kier molecular flexibility index (Phi) is 2.73. The lowest BCUT2D eigenvalue weighted by molar-refractivity contribution is -0.123. The molecule has 128 valence electrons. The number of hydrogen-bond donors (Lipinski definition) is 0. The van der Waals surface area contributed by atoms with Gasteiger partial charge in [0.25, 0.3) is 0 Å². The third-order valence-corrected chi connectivity index (χ3v) is 6.68. The van der Waals surface area contributed by atoms with E-state index in [4.69, 9.17) is 4.74 Å². The van der Waals surface area contributed by atoms with E-state index < -0.39 is 0 Å². The van der Waals surface area contributed by atoms with Crippen LogP contribution >= 0.6 is 0 Å². The number of Topliss-reactive ketones (excluding diaryl/α,β-unsaturated/α-hetero) is 1. The number of amides is 2. The lowest BCUT2D eigenvalue weighted by Crippen LogP contribution is -2.35. The first-order valence-corrected chi connectivity index (χ1v) is 8.75. The lowest BCUT2D eigenvalue weighted by atomic mass is 9.85. The summed E-state index contributed by atoms with van der Waals surface area (Å²) in [6, 6.07) is 4.90. The first-order chi connectivity index (χ1) is 12.0. The summed E-state index contributed by atoms with van der Waals surface area (Å²) in [6.45, 7) is 1.47. The van der Waals surface area contributed by atoms with Crippen molar-refractivity contribution in [3.63, 3.8) is 0 Å². The van der Waals surface area contributed by atoms with Crippen LogP contribution in [0.15, 0.2) is 30.4 Å². The van der Waals surface area contributed by atoms with Gasteiger partial charge >= 0.3 is 0 Å². The number of carbonyl (C=O) groups excluding carboxylic acids is 3. The van der Waals surface area contributed by atoms with E-state index in [-0.39, 0.29) is 46.7 Å². The number of rotatable bonds is 3. The molecule has 1 aliphatic heterocycles. The fraction of sp³-hybridized carbons (Fsp3) is 0.450. The molecule has 0 unspecified atom stereocenters. The lowest BCUT2D eigenvalue weighted by Gasteiger charge is -2.23. The van der Waals surface area contributed by atoms with Crippen LogP contribution in [0, 0.1) is 29.1 Å². The third-order valence-electron chi connectivity index (χ3n) is 6.68. The Labute approximate surface area is 145 Å². The van der Waals surface area contributed by atoms with Crippen LogP contribution in [0.2, 0.25) is 0 Å². The van der Waals surface area contributed by atoms with Crippen LogP contribution in [-0.2, 0) is 9.59 Å². The van der Waals surface area contributed by atoms with Gasteiger partial charge in [0.1, 0.15) is 5.75 Å². The van der Waals surface area contributed by atoms with Crippen molar-refractivity contribution in [3.05, 3.63) is 35.9 Å². The van der Waals surface area contributed by atoms with Crippen molar-refractivity contribution >= 4 is 23.3 Å². The standard InChI is InChI=1S/C20H19NO4/c1-10(22)11-3-6-15(25-2)14(9-11)21-18(23)16-12-4-5-13(17(16)19(21)24)20(12)7-8-20/h3-6,9,12-13,16-17H,7-8H2,1-2H3/t12-,13+,16-,17+. The molecule has 1 saturated heterocycles. The van der Waals surface area contributed by atoms with Crippen LogP contribution in [0.3, 0.4) is 0 Å². The van der Waals surface area contributed by atoms with Gasteiger partial charge in [-0.1, -0.05) is 12.2 Å². The maximum atomic E-state index is 13.2. The summed E-state index contributed by atoms with van der Waals surface area (Å²) < 4.78 is 5.36. The zero-order chi connectivity index (χ0) is 17.5. The summed E-state index contributed by atoms with van der Waals surface area (Å²) in [5.41, 5.74) is 1.04. The quantitative estimate of drug-likeness (QED) is 0.483. The molecule has 5 rings (SSSR count). The van der Waals surface area contributed by atoms with E-state index in [1.807, 2.05) is 0 Å². The fourth-order valence-electron chi connectivity index (χ4n) is 5.40. The highest BCUT2D eigenvalue weighted by Crippen LogP contribution is 2.73. The number of carbonyl (C=O) groups is 3. The van der Waals surface area contributed by atoms with Gasteiger partial charge in [-0.05, 0) is 55.2 Å². The van der Waals surface area contributed by atoms with E-state index in [9.17, 15) is 14.4 Å². The van der Waals surface area contributed by atoms with Crippen molar-refractivity contribution in [2.24, 2.45) is 29.1 Å². The first kappa shape index (κ1) is 14.9. The maximum Gasteiger partial charge on any atom is 0.238 e. The molecule has 0 N–H and O–H groups in total. The van der Waals surface area contributed by atoms with E-state index in [2.05, 4.69) is 12.2 Å². The number of allylic oxidation sites excluding steroid dienone is 2. The molecular weight excluding hydrogens is 318 g/mol. The summed E-state index contributed by atoms with van der Waals surface area (Å²) in [6.07, 6.45) is 6.53. The predicted octanol–water partition coefficient (Wildman–Crippen LogP) is 2.60. The monoisotopic (exact) mass is 337 g/mol. The molecule has 2 saturated carbocycles. The first-order valence-electron chi connectivity index (χ1n) is 8.75. The van der Waals surface area contributed by atoms with Crippen LogP contribution in [-0.4, -0.2) is 24.7 Å². The Morgan fingerprint density at radius 3 is 2.20 bits per heavy atom. The van der Waals surface area contributed by atoms with Crippen LogP contribution in [0.4, 0.5) is 5.69 Å². The summed E-state index contributed by atoms with van der Waals surface area (Å²) >= 11 is 0. The van der Waals surface area contributed by atoms with Crippen molar-refractivity contribution in [2.45, 2.75) is 19.8 Å². The topological polar surface area (TPSA) is 63.7 Å². The smallest absolute Gasteiger partial charge is 0.238 e. The van der Waals surface area contributed by atoms with Crippen molar-refractivity contribution in [3.8, 4) is 5.75 Å². The number of ketones is 1. The Morgan fingerprint density at radius 1 is 1.12 bits per heavy atom. The molecule has 1 aromatic rings. The second-order valence-corrected chi connectivity index (χ2v) is 7.68. The largest absolute Gasteiger partial charge is 0.495 e. The van der Waals surface area contributed by atoms with Gasteiger partial charge in [-0.3, -0.25) is 14.4 Å². The summed E-state index contributed by atoms with van der Waals surface area (Å²) in [4.78, 5) is 39.4. The zero-order valence-corrected chi connectivity index (χ0v) is 14.2. The van der Waals surface area contributed by atoms with Crippen LogP contribution in [0.25, 0.3) is 0 Å². The molecule has 5 heteroatoms. The predicted molar refractivity (Wildman–Crippen MR) is 90.3 cm³/mol. The number of imide groups is 1. The van der Waals surface area contributed by atoms with Gasteiger partial charge in [0.05, 0.1) is 24.6 Å². The van der Waals surface area contributed by atoms with E-state index in [1.54, 1.807) is 18.2 Å². The van der Waals surface area contributed by atoms with Crippen molar-refractivity contribution in [2.75, 3.05) is 12.0 Å². The number of methoxy groups -OCH3 is 1. The van der Waals surface area contributed by atoms with E-state index in [1.165, 1.54) is 18.9 Å². The minimum Gasteiger partial charge on any atom is -0.495 e. The molecule has 0 aromatic heterocycles. The molecular formula is C20H19NO4. The Balaban J connectivity index is 1.59. The highest BCUT2D eigenvalue weighted by atomic mass is 16.5. The van der Waals surface area contributed by atoms with Crippen LogP contribution in [0.1, 0.15) is 30.1 Å². The van der Waals surface area contributed by atoms with E-state index in [0.29, 0.717) is 17.0 Å². The summed E-state index contributed by atoms with van der Waals surface area (Å²) in [7, 11) is 1.50. The number of nitrogens with zero attached hydrogens (tertiary/aromatic N) is 1. The molecule has 1 spiro atoms. The average Bonchev–Trinajstić information content (AvgIpc) is 3.19. The number of ether oxygens (including phenoxy) is 1. The number of anilines is 1. The zero-order valence-electron chi connectivity index (χ0n) is 14.2. The van der Waals surface area contributed by atoms with Gasteiger partial charge < -0.3 is 4.74 Å². The summed E-state index contributed by atoms with van der Waals surface area (Å²) in [5.74, 6) is -0.0903. The minimum atomic E-state index is -0.254. The van der Waals surface area contributed by atoms with Crippen LogP contribution in [0.5, 0.6) is 5.75 Å². The SMILES string of the molecule is COc1ccc(C(C)=O)cc1N1C(=O)[C@@H]2[C@H](C1=O)[C@H]1C=C[C@@H]2C12CC2. The van der Waals surface area contributed by atoms with Crippen molar-refractivity contribution in [1.82, 2.24) is 0 Å². The minimum absolute atomic E-state index is 0.109. The third kappa shape index (κ3) is 1.66. The maximum absolute atomic E-state index is 13.2. The second kappa shape index (κ2) is 4.59. The van der Waals surface area contributed by atoms with Gasteiger partial charge in [-0.2, -0.15) is 0 Å².